The fourth-order valence-corrected chi connectivity index (χ4v) is 1.78. The van der Waals surface area contributed by atoms with Gasteiger partial charge >= 0.3 is 0 Å². The summed E-state index contributed by atoms with van der Waals surface area (Å²) in [5, 5.41) is 12.7. The molecule has 16 heavy (non-hydrogen) atoms. The number of aryl methyl sites for hydroxylation is 1. The zero-order valence-electron chi connectivity index (χ0n) is 10.5. The minimum atomic E-state index is -0.232. The van der Waals surface area contributed by atoms with Crippen molar-refractivity contribution in [3.05, 3.63) is 35.4 Å². The average Bonchev–Trinajstić information content (AvgIpc) is 2.26. The SMILES string of the molecule is CCc1ccc(CNC(C)CC(C)O)cc1. The predicted molar refractivity (Wildman–Crippen MR) is 68.4 cm³/mol. The Morgan fingerprint density at radius 2 is 1.69 bits per heavy atom. The molecule has 0 spiro atoms. The van der Waals surface area contributed by atoms with Crippen LogP contribution in [0.4, 0.5) is 0 Å². The van der Waals surface area contributed by atoms with E-state index in [-0.39, 0.29) is 6.10 Å². The summed E-state index contributed by atoms with van der Waals surface area (Å²) in [5.41, 5.74) is 2.68. The Labute approximate surface area is 98.7 Å². The largest absolute Gasteiger partial charge is 0.393 e. The first kappa shape index (κ1) is 13.2. The molecule has 0 saturated heterocycles. The van der Waals surface area contributed by atoms with Crippen molar-refractivity contribution >= 4 is 0 Å². The third-order valence-electron chi connectivity index (χ3n) is 2.78. The van der Waals surface area contributed by atoms with Gasteiger partial charge in [0.05, 0.1) is 6.10 Å². The fraction of sp³-hybridized carbons (Fsp3) is 0.571. The minimum Gasteiger partial charge on any atom is -0.393 e. The van der Waals surface area contributed by atoms with Gasteiger partial charge in [-0.25, -0.2) is 0 Å². The van der Waals surface area contributed by atoms with Crippen molar-refractivity contribution in [3.63, 3.8) is 0 Å². The van der Waals surface area contributed by atoms with Crippen LogP contribution in [0.15, 0.2) is 24.3 Å². The van der Waals surface area contributed by atoms with Gasteiger partial charge in [-0.15, -0.1) is 0 Å². The number of aliphatic hydroxyl groups is 1. The Kier molecular flexibility index (Phi) is 5.50. The summed E-state index contributed by atoms with van der Waals surface area (Å²) in [6.07, 6.45) is 1.66. The quantitative estimate of drug-likeness (QED) is 0.773. The van der Waals surface area contributed by atoms with Gasteiger partial charge < -0.3 is 10.4 Å². The fourth-order valence-electron chi connectivity index (χ4n) is 1.78. The van der Waals surface area contributed by atoms with Crippen LogP contribution in [0.3, 0.4) is 0 Å². The smallest absolute Gasteiger partial charge is 0.0526 e. The van der Waals surface area contributed by atoms with E-state index in [0.717, 1.165) is 19.4 Å². The van der Waals surface area contributed by atoms with E-state index < -0.39 is 0 Å². The molecule has 1 aromatic rings. The summed E-state index contributed by atoms with van der Waals surface area (Å²) in [6.45, 7) is 6.97. The third-order valence-corrected chi connectivity index (χ3v) is 2.78. The Bertz CT molecular complexity index is 292. The normalized spacial score (nSPS) is 14.8. The monoisotopic (exact) mass is 221 g/mol. The van der Waals surface area contributed by atoms with E-state index in [2.05, 4.69) is 43.4 Å². The topological polar surface area (TPSA) is 32.3 Å². The molecule has 90 valence electrons. The average molecular weight is 221 g/mol. The maximum Gasteiger partial charge on any atom is 0.0526 e. The lowest BCUT2D eigenvalue weighted by Crippen LogP contribution is -2.28. The van der Waals surface area contributed by atoms with Crippen molar-refractivity contribution in [2.45, 2.75) is 52.3 Å². The highest BCUT2D eigenvalue weighted by Crippen LogP contribution is 2.05. The first-order valence-corrected chi connectivity index (χ1v) is 6.11. The zero-order valence-corrected chi connectivity index (χ0v) is 10.5. The Morgan fingerprint density at radius 1 is 1.12 bits per heavy atom. The molecule has 2 unspecified atom stereocenters. The highest BCUT2D eigenvalue weighted by Gasteiger charge is 2.04. The van der Waals surface area contributed by atoms with Gasteiger partial charge in [-0.1, -0.05) is 31.2 Å². The molecular weight excluding hydrogens is 198 g/mol. The molecule has 0 saturated carbocycles. The van der Waals surface area contributed by atoms with Crippen molar-refractivity contribution in [2.24, 2.45) is 0 Å². The first-order chi connectivity index (χ1) is 7.61. The van der Waals surface area contributed by atoms with Crippen LogP contribution in [0.5, 0.6) is 0 Å². The lowest BCUT2D eigenvalue weighted by molar-refractivity contribution is 0.170. The van der Waals surface area contributed by atoms with Crippen LogP contribution in [0.25, 0.3) is 0 Å². The molecule has 0 aliphatic carbocycles. The van der Waals surface area contributed by atoms with Gasteiger partial charge in [-0.2, -0.15) is 0 Å². The van der Waals surface area contributed by atoms with E-state index in [1.54, 1.807) is 0 Å². The van der Waals surface area contributed by atoms with Gasteiger partial charge in [0.2, 0.25) is 0 Å². The van der Waals surface area contributed by atoms with Gasteiger partial charge in [-0.3, -0.25) is 0 Å². The van der Waals surface area contributed by atoms with Crippen LogP contribution in [0.1, 0.15) is 38.3 Å². The summed E-state index contributed by atoms with van der Waals surface area (Å²) in [6, 6.07) is 9.04. The van der Waals surface area contributed by atoms with Gasteiger partial charge in [-0.05, 0) is 37.8 Å². The highest BCUT2D eigenvalue weighted by molar-refractivity contribution is 5.22. The number of hydrogen-bond donors (Lipinski definition) is 2. The molecule has 0 aliphatic heterocycles. The highest BCUT2D eigenvalue weighted by atomic mass is 16.3. The van der Waals surface area contributed by atoms with Crippen LogP contribution < -0.4 is 5.32 Å². The summed E-state index contributed by atoms with van der Waals surface area (Å²) >= 11 is 0. The Balaban J connectivity index is 2.36. The van der Waals surface area contributed by atoms with Crippen LogP contribution in [0, 0.1) is 0 Å². The second kappa shape index (κ2) is 6.66. The number of benzene rings is 1. The van der Waals surface area contributed by atoms with E-state index >= 15 is 0 Å². The number of rotatable bonds is 6. The number of aliphatic hydroxyl groups excluding tert-OH is 1. The molecule has 0 fully saturated rings. The van der Waals surface area contributed by atoms with E-state index in [1.165, 1.54) is 11.1 Å². The van der Waals surface area contributed by atoms with Crippen LogP contribution >= 0.6 is 0 Å². The van der Waals surface area contributed by atoms with Gasteiger partial charge in [0, 0.05) is 12.6 Å². The van der Waals surface area contributed by atoms with E-state index in [4.69, 9.17) is 0 Å². The summed E-state index contributed by atoms with van der Waals surface area (Å²) in [7, 11) is 0. The van der Waals surface area contributed by atoms with Crippen molar-refractivity contribution in [1.82, 2.24) is 5.32 Å². The van der Waals surface area contributed by atoms with E-state index in [0.29, 0.717) is 6.04 Å². The molecule has 2 nitrogen and oxygen atoms in total. The van der Waals surface area contributed by atoms with Gasteiger partial charge in [0.15, 0.2) is 0 Å². The molecule has 2 atom stereocenters. The Morgan fingerprint density at radius 3 is 2.19 bits per heavy atom. The van der Waals surface area contributed by atoms with Crippen LogP contribution in [0.2, 0.25) is 0 Å². The molecule has 0 radical (unpaired) electrons. The lowest BCUT2D eigenvalue weighted by Gasteiger charge is -2.15. The second-order valence-corrected chi connectivity index (χ2v) is 4.54. The zero-order chi connectivity index (χ0) is 12.0. The number of hydrogen-bond acceptors (Lipinski definition) is 2. The van der Waals surface area contributed by atoms with Crippen molar-refractivity contribution in [2.75, 3.05) is 0 Å². The Hall–Kier alpha value is -0.860. The maximum atomic E-state index is 9.25. The summed E-state index contributed by atoms with van der Waals surface area (Å²) in [5.74, 6) is 0. The van der Waals surface area contributed by atoms with Gasteiger partial charge in [0.1, 0.15) is 0 Å². The molecule has 0 bridgehead atoms. The summed E-state index contributed by atoms with van der Waals surface area (Å²) < 4.78 is 0. The van der Waals surface area contributed by atoms with E-state index in [9.17, 15) is 5.11 Å². The number of nitrogens with one attached hydrogen (secondary N) is 1. The lowest BCUT2D eigenvalue weighted by atomic mass is 10.1. The molecule has 1 rings (SSSR count). The second-order valence-electron chi connectivity index (χ2n) is 4.54. The van der Waals surface area contributed by atoms with Crippen LogP contribution in [-0.4, -0.2) is 17.3 Å². The minimum absolute atomic E-state index is 0.232. The molecule has 2 N–H and O–H groups in total. The van der Waals surface area contributed by atoms with Crippen molar-refractivity contribution in [3.8, 4) is 0 Å². The summed E-state index contributed by atoms with van der Waals surface area (Å²) in [4.78, 5) is 0. The van der Waals surface area contributed by atoms with Crippen molar-refractivity contribution in [1.29, 1.82) is 0 Å². The molecule has 0 aromatic heterocycles. The van der Waals surface area contributed by atoms with Crippen molar-refractivity contribution < 1.29 is 5.11 Å². The molecule has 1 aromatic carbocycles. The molecular formula is C14H23NO. The van der Waals surface area contributed by atoms with Crippen LogP contribution in [-0.2, 0) is 13.0 Å². The third kappa shape index (κ3) is 4.77. The molecule has 0 amide bonds. The standard InChI is InChI=1S/C14H23NO/c1-4-13-5-7-14(8-6-13)10-15-11(2)9-12(3)16/h5-8,11-12,15-16H,4,9-10H2,1-3H3. The first-order valence-electron chi connectivity index (χ1n) is 6.11. The maximum absolute atomic E-state index is 9.25. The predicted octanol–water partition coefficient (Wildman–Crippen LogP) is 2.50. The van der Waals surface area contributed by atoms with E-state index in [1.807, 2.05) is 6.92 Å². The van der Waals surface area contributed by atoms with Gasteiger partial charge in [0.25, 0.3) is 0 Å². The molecule has 0 aliphatic rings. The molecule has 2 heteroatoms. The molecule has 0 heterocycles.